The average Bonchev–Trinajstić information content (AvgIpc) is 3.20. The first-order chi connectivity index (χ1) is 14.1. The van der Waals surface area contributed by atoms with Crippen LogP contribution >= 0.6 is 0 Å². The van der Waals surface area contributed by atoms with Crippen molar-refractivity contribution in [2.45, 2.75) is 44.4 Å². The predicted octanol–water partition coefficient (Wildman–Crippen LogP) is 4.13. The zero-order valence-corrected chi connectivity index (χ0v) is 16.9. The van der Waals surface area contributed by atoms with E-state index in [1.807, 2.05) is 36.5 Å². The fraction of sp³-hybridized carbons (Fsp3) is 0.320. The SMILES string of the molecule is CC1=C2CC(C(=O)OCc3ccccc3)NC=C2CC12Cc1ccccc1N2C. The minimum Gasteiger partial charge on any atom is -0.459 e. The highest BCUT2D eigenvalue weighted by atomic mass is 16.5. The highest BCUT2D eigenvalue weighted by Gasteiger charge is 2.49. The second kappa shape index (κ2) is 6.80. The van der Waals surface area contributed by atoms with E-state index in [9.17, 15) is 4.79 Å². The molecule has 4 heteroatoms. The number of rotatable bonds is 3. The lowest BCUT2D eigenvalue weighted by atomic mass is 9.87. The van der Waals surface area contributed by atoms with E-state index >= 15 is 0 Å². The maximum Gasteiger partial charge on any atom is 0.329 e. The van der Waals surface area contributed by atoms with Crippen LogP contribution in [0.1, 0.15) is 30.9 Å². The van der Waals surface area contributed by atoms with Gasteiger partial charge >= 0.3 is 5.97 Å². The van der Waals surface area contributed by atoms with Gasteiger partial charge < -0.3 is 15.0 Å². The standard InChI is InChI=1S/C25H26N2O2/c1-17-21-12-22(24(28)29-16-18-8-4-3-5-9-18)26-15-20(21)14-25(17)13-19-10-6-7-11-23(19)27(25)2/h3-11,15,22,26H,12-14,16H2,1-2H3. The van der Waals surface area contributed by atoms with E-state index < -0.39 is 0 Å². The maximum atomic E-state index is 12.7. The first-order valence-corrected chi connectivity index (χ1v) is 10.3. The van der Waals surface area contributed by atoms with Crippen LogP contribution in [0.15, 0.2) is 77.5 Å². The molecule has 0 saturated heterocycles. The molecule has 2 aromatic rings. The van der Waals surface area contributed by atoms with E-state index in [4.69, 9.17) is 4.74 Å². The van der Waals surface area contributed by atoms with Gasteiger partial charge in [0.2, 0.25) is 0 Å². The molecule has 29 heavy (non-hydrogen) atoms. The summed E-state index contributed by atoms with van der Waals surface area (Å²) in [6, 6.07) is 18.2. The van der Waals surface area contributed by atoms with Crippen molar-refractivity contribution in [3.8, 4) is 0 Å². The number of nitrogens with one attached hydrogen (secondary N) is 1. The van der Waals surface area contributed by atoms with Gasteiger partial charge in [-0.05, 0) is 40.8 Å². The van der Waals surface area contributed by atoms with Gasteiger partial charge in [-0.1, -0.05) is 48.5 Å². The summed E-state index contributed by atoms with van der Waals surface area (Å²) >= 11 is 0. The molecule has 2 atom stereocenters. The monoisotopic (exact) mass is 386 g/mol. The van der Waals surface area contributed by atoms with E-state index in [-0.39, 0.29) is 17.6 Å². The van der Waals surface area contributed by atoms with E-state index in [0.29, 0.717) is 13.0 Å². The number of hydrogen-bond acceptors (Lipinski definition) is 4. The van der Waals surface area contributed by atoms with Gasteiger partial charge in [-0.2, -0.15) is 0 Å². The van der Waals surface area contributed by atoms with Crippen LogP contribution in [0.25, 0.3) is 0 Å². The fourth-order valence-electron chi connectivity index (χ4n) is 5.16. The number of carbonyl (C=O) groups is 1. The Balaban J connectivity index is 1.35. The van der Waals surface area contributed by atoms with Crippen LogP contribution in [0.2, 0.25) is 0 Å². The largest absolute Gasteiger partial charge is 0.459 e. The topological polar surface area (TPSA) is 41.6 Å². The summed E-state index contributed by atoms with van der Waals surface area (Å²) in [6.07, 6.45) is 4.74. The van der Waals surface area contributed by atoms with Gasteiger partial charge in [-0.15, -0.1) is 0 Å². The van der Waals surface area contributed by atoms with Gasteiger partial charge in [-0.25, -0.2) is 4.79 Å². The van der Waals surface area contributed by atoms with Crippen molar-refractivity contribution in [2.24, 2.45) is 0 Å². The first kappa shape index (κ1) is 18.0. The summed E-state index contributed by atoms with van der Waals surface area (Å²) in [4.78, 5) is 15.1. The Morgan fingerprint density at radius 3 is 2.69 bits per heavy atom. The quantitative estimate of drug-likeness (QED) is 0.806. The van der Waals surface area contributed by atoms with Crippen LogP contribution in [0.3, 0.4) is 0 Å². The molecular weight excluding hydrogens is 360 g/mol. The van der Waals surface area contributed by atoms with Crippen molar-refractivity contribution in [3.05, 3.63) is 88.6 Å². The highest BCUT2D eigenvalue weighted by molar-refractivity contribution is 5.78. The Kier molecular flexibility index (Phi) is 4.23. The number of esters is 1. The third-order valence-electron chi connectivity index (χ3n) is 6.87. The van der Waals surface area contributed by atoms with Crippen molar-refractivity contribution >= 4 is 11.7 Å². The number of para-hydroxylation sites is 1. The zero-order valence-electron chi connectivity index (χ0n) is 16.9. The normalized spacial score (nSPS) is 24.8. The third-order valence-corrected chi connectivity index (χ3v) is 6.87. The number of ether oxygens (including phenoxy) is 1. The van der Waals surface area contributed by atoms with Crippen LogP contribution in [-0.2, 0) is 22.6 Å². The molecule has 5 rings (SSSR count). The summed E-state index contributed by atoms with van der Waals surface area (Å²) in [5.74, 6) is -0.187. The Bertz CT molecular complexity index is 1020. The zero-order chi connectivity index (χ0) is 20.0. The Hall–Kier alpha value is -3.01. The van der Waals surface area contributed by atoms with Gasteiger partial charge in [0.25, 0.3) is 0 Å². The van der Waals surface area contributed by atoms with Crippen molar-refractivity contribution in [3.63, 3.8) is 0 Å². The molecule has 1 spiro atoms. The number of carbonyl (C=O) groups excluding carboxylic acids is 1. The molecule has 2 unspecified atom stereocenters. The molecule has 2 aliphatic heterocycles. The molecule has 3 aliphatic rings. The summed E-state index contributed by atoms with van der Waals surface area (Å²) < 4.78 is 5.58. The lowest BCUT2D eigenvalue weighted by Crippen LogP contribution is -2.43. The molecule has 4 nitrogen and oxygen atoms in total. The van der Waals surface area contributed by atoms with E-state index in [0.717, 1.165) is 18.4 Å². The molecule has 2 heterocycles. The molecule has 0 radical (unpaired) electrons. The first-order valence-electron chi connectivity index (χ1n) is 10.3. The minimum absolute atomic E-state index is 0.00460. The van der Waals surface area contributed by atoms with Crippen molar-refractivity contribution in [1.29, 1.82) is 0 Å². The minimum atomic E-state index is -0.323. The van der Waals surface area contributed by atoms with Crippen LogP contribution in [0, 0.1) is 0 Å². The van der Waals surface area contributed by atoms with Gasteiger partial charge in [-0.3, -0.25) is 0 Å². The molecule has 2 aromatic carbocycles. The number of fused-ring (bicyclic) bond motifs is 2. The van der Waals surface area contributed by atoms with Gasteiger partial charge in [0, 0.05) is 38.2 Å². The Morgan fingerprint density at radius 1 is 1.14 bits per heavy atom. The van der Waals surface area contributed by atoms with E-state index in [1.54, 1.807) is 0 Å². The second-order valence-electron chi connectivity index (χ2n) is 8.36. The number of nitrogens with zero attached hydrogens (tertiary/aromatic N) is 1. The lowest BCUT2D eigenvalue weighted by Gasteiger charge is -2.36. The second-order valence-corrected chi connectivity index (χ2v) is 8.36. The summed E-state index contributed by atoms with van der Waals surface area (Å²) in [7, 11) is 2.20. The molecule has 0 amide bonds. The predicted molar refractivity (Wildman–Crippen MR) is 114 cm³/mol. The van der Waals surface area contributed by atoms with Crippen LogP contribution in [0.5, 0.6) is 0 Å². The number of hydrogen-bond donors (Lipinski definition) is 1. The molecule has 1 N–H and O–H groups in total. The van der Waals surface area contributed by atoms with Gasteiger partial charge in [0.1, 0.15) is 12.6 Å². The molecular formula is C25H26N2O2. The van der Waals surface area contributed by atoms with Crippen molar-refractivity contribution in [1.82, 2.24) is 5.32 Å². The van der Waals surface area contributed by atoms with Gasteiger partial charge in [0.05, 0.1) is 5.54 Å². The fourth-order valence-corrected chi connectivity index (χ4v) is 5.16. The number of likely N-dealkylation sites (N-methyl/N-ethyl adjacent to an activating group) is 1. The van der Waals surface area contributed by atoms with E-state index in [1.165, 1.54) is 28.0 Å². The molecule has 0 saturated carbocycles. The van der Waals surface area contributed by atoms with Crippen LogP contribution in [-0.4, -0.2) is 24.6 Å². The van der Waals surface area contributed by atoms with Crippen LogP contribution < -0.4 is 10.2 Å². The molecule has 148 valence electrons. The molecule has 0 fully saturated rings. The Labute approximate surface area is 171 Å². The lowest BCUT2D eigenvalue weighted by molar-refractivity contribution is -0.147. The van der Waals surface area contributed by atoms with Gasteiger partial charge in [0.15, 0.2) is 0 Å². The third kappa shape index (κ3) is 2.86. The summed E-state index contributed by atoms with van der Waals surface area (Å²) in [5, 5.41) is 3.30. The Morgan fingerprint density at radius 2 is 1.90 bits per heavy atom. The smallest absolute Gasteiger partial charge is 0.329 e. The molecule has 1 aliphatic carbocycles. The summed E-state index contributed by atoms with van der Waals surface area (Å²) in [6.45, 7) is 2.56. The van der Waals surface area contributed by atoms with E-state index in [2.05, 4.69) is 48.5 Å². The van der Waals surface area contributed by atoms with Crippen LogP contribution in [0.4, 0.5) is 5.69 Å². The molecule has 0 bridgehead atoms. The van der Waals surface area contributed by atoms with Crippen molar-refractivity contribution in [2.75, 3.05) is 11.9 Å². The molecule has 0 aromatic heterocycles. The van der Waals surface area contributed by atoms with Crippen molar-refractivity contribution < 1.29 is 9.53 Å². The number of anilines is 1. The highest BCUT2D eigenvalue weighted by Crippen LogP contribution is 2.52. The summed E-state index contributed by atoms with van der Waals surface area (Å²) in [5.41, 5.74) is 7.77. The average molecular weight is 386 g/mol. The maximum absolute atomic E-state index is 12.7. The number of benzene rings is 2.